The van der Waals surface area contributed by atoms with Gasteiger partial charge in [-0.1, -0.05) is 49.8 Å². The third-order valence-corrected chi connectivity index (χ3v) is 11.0. The molecule has 3 fully saturated rings. The molecule has 6 heteroatoms. The number of aliphatic hydroxyl groups is 2. The zero-order valence-electron chi connectivity index (χ0n) is 20.9. The molecule has 3 saturated carbocycles. The molecule has 0 aliphatic heterocycles. The van der Waals surface area contributed by atoms with Crippen LogP contribution in [0, 0.1) is 23.2 Å². The van der Waals surface area contributed by atoms with Gasteiger partial charge < -0.3 is 10.2 Å². The van der Waals surface area contributed by atoms with Gasteiger partial charge in [0.15, 0.2) is 9.84 Å². The Kier molecular flexibility index (Phi) is 8.02. The maximum Gasteiger partial charge on any atom is 0.178 e. The van der Waals surface area contributed by atoms with Crippen molar-refractivity contribution in [2.75, 3.05) is 5.75 Å². The minimum atomic E-state index is -3.32. The van der Waals surface area contributed by atoms with Gasteiger partial charge in [-0.2, -0.15) is 0 Å². The van der Waals surface area contributed by atoms with Gasteiger partial charge in [-0.3, -0.25) is 0 Å². The molecule has 0 unspecified atom stereocenters. The first-order chi connectivity index (χ1) is 16.5. The van der Waals surface area contributed by atoms with Gasteiger partial charge in [-0.15, -0.1) is 0 Å². The van der Waals surface area contributed by atoms with Crippen molar-refractivity contribution in [3.8, 4) is 0 Å². The van der Waals surface area contributed by atoms with Crippen molar-refractivity contribution in [3.05, 3.63) is 64.7 Å². The normalized spacial score (nSPS) is 34.8. The highest BCUT2D eigenvalue weighted by atomic mass is 35.5. The highest BCUT2D eigenvalue weighted by molar-refractivity contribution is 7.91. The molecule has 3 aliphatic rings. The van der Waals surface area contributed by atoms with Crippen LogP contribution in [-0.2, 0) is 9.84 Å². The number of aliphatic hydroxyl groups excluding tert-OH is 2. The van der Waals surface area contributed by atoms with Crippen LogP contribution in [0.4, 0.5) is 0 Å². The molecule has 0 amide bonds. The van der Waals surface area contributed by atoms with Crippen LogP contribution in [-0.4, -0.2) is 36.6 Å². The molecule has 0 spiro atoms. The summed E-state index contributed by atoms with van der Waals surface area (Å²) in [4.78, 5) is 0.347. The highest BCUT2D eigenvalue weighted by Crippen LogP contribution is 2.59. The molecule has 192 valence electrons. The Morgan fingerprint density at radius 2 is 1.91 bits per heavy atom. The van der Waals surface area contributed by atoms with Gasteiger partial charge in [0.05, 0.1) is 22.9 Å². The van der Waals surface area contributed by atoms with Crippen molar-refractivity contribution in [1.29, 1.82) is 0 Å². The predicted molar refractivity (Wildman–Crippen MR) is 142 cm³/mol. The van der Waals surface area contributed by atoms with E-state index in [2.05, 4.69) is 32.6 Å². The molecular formula is C29H39ClO4S. The van der Waals surface area contributed by atoms with Gasteiger partial charge in [0.1, 0.15) is 0 Å². The molecule has 1 aromatic carbocycles. The first-order valence-corrected chi connectivity index (χ1v) is 15.0. The summed E-state index contributed by atoms with van der Waals surface area (Å²) in [6.07, 6.45) is 10.3. The lowest BCUT2D eigenvalue weighted by Gasteiger charge is -2.44. The van der Waals surface area contributed by atoms with E-state index in [4.69, 9.17) is 11.6 Å². The Hall–Kier alpha value is -1.40. The Bertz CT molecular complexity index is 1100. The summed E-state index contributed by atoms with van der Waals surface area (Å²) >= 11 is 5.92. The Morgan fingerprint density at radius 3 is 2.63 bits per heavy atom. The zero-order chi connectivity index (χ0) is 25.4. The molecule has 0 bridgehead atoms. The maximum absolute atomic E-state index is 12.9. The summed E-state index contributed by atoms with van der Waals surface area (Å²) in [7, 11) is -3.32. The Labute approximate surface area is 215 Å². The third-order valence-electron chi connectivity index (χ3n) is 9.00. The number of rotatable bonds is 6. The molecule has 0 aromatic heterocycles. The van der Waals surface area contributed by atoms with Crippen molar-refractivity contribution in [1.82, 2.24) is 0 Å². The van der Waals surface area contributed by atoms with Crippen molar-refractivity contribution in [2.24, 2.45) is 23.2 Å². The summed E-state index contributed by atoms with van der Waals surface area (Å²) in [6.45, 7) is 8.68. The molecule has 4 nitrogen and oxygen atoms in total. The van der Waals surface area contributed by atoms with Crippen molar-refractivity contribution in [2.45, 2.75) is 82.3 Å². The van der Waals surface area contributed by atoms with Crippen molar-refractivity contribution >= 4 is 21.4 Å². The number of halogens is 1. The summed E-state index contributed by atoms with van der Waals surface area (Å²) in [5.74, 6) is 1.49. The van der Waals surface area contributed by atoms with Gasteiger partial charge in [0, 0.05) is 11.4 Å². The van der Waals surface area contributed by atoms with E-state index < -0.39 is 22.0 Å². The van der Waals surface area contributed by atoms with E-state index in [1.807, 2.05) is 0 Å². The molecule has 0 heterocycles. The first-order valence-electron chi connectivity index (χ1n) is 12.9. The van der Waals surface area contributed by atoms with Crippen LogP contribution >= 0.6 is 11.6 Å². The van der Waals surface area contributed by atoms with Gasteiger partial charge in [0.25, 0.3) is 0 Å². The lowest BCUT2D eigenvalue weighted by molar-refractivity contribution is 0.0861. The van der Waals surface area contributed by atoms with Crippen LogP contribution in [0.15, 0.2) is 64.6 Å². The SMILES string of the molecule is C=C1/C(=C\C=C2/CCC[C@]3(C)[C@@H]([C@H](C)CCS(=O)(=O)c4ccc(Cl)cc4)CC[C@@H]23)C[C@H](O)C[C@H]1O. The van der Waals surface area contributed by atoms with Gasteiger partial charge in [-0.25, -0.2) is 8.42 Å². The standard InChI is InChI=1S/C29H39ClO4S/c1-19(14-16-35(33,34)25-10-8-23(30)9-11-25)26-12-13-27-21(5-4-15-29(26,27)3)6-7-22-17-24(31)18-28(32)20(22)2/h6-11,19,24,26-28,31-32H,2,4-5,12-18H2,1,3H3/b21-6+,22-7-/t19-,24+,26-,27+,28-,29-/m1/s1. The van der Waals surface area contributed by atoms with E-state index in [1.54, 1.807) is 24.3 Å². The van der Waals surface area contributed by atoms with E-state index in [0.29, 0.717) is 46.9 Å². The van der Waals surface area contributed by atoms with Crippen LogP contribution in [0.1, 0.15) is 65.2 Å². The second-order valence-electron chi connectivity index (χ2n) is 11.2. The molecule has 0 saturated heterocycles. The molecule has 3 aliphatic carbocycles. The Morgan fingerprint density at radius 1 is 1.20 bits per heavy atom. The van der Waals surface area contributed by atoms with Gasteiger partial charge in [-0.05, 0) is 104 Å². The minimum absolute atomic E-state index is 0.161. The number of benzene rings is 1. The molecule has 6 atom stereocenters. The van der Waals surface area contributed by atoms with Gasteiger partial charge >= 0.3 is 0 Å². The van der Waals surface area contributed by atoms with E-state index in [9.17, 15) is 18.6 Å². The highest BCUT2D eigenvalue weighted by Gasteiger charge is 2.50. The molecule has 2 N–H and O–H groups in total. The third kappa shape index (κ3) is 5.64. The van der Waals surface area contributed by atoms with Crippen LogP contribution in [0.25, 0.3) is 0 Å². The lowest BCUT2D eigenvalue weighted by atomic mass is 9.61. The summed E-state index contributed by atoms with van der Waals surface area (Å²) in [6, 6.07) is 6.47. The molecule has 1 aromatic rings. The van der Waals surface area contributed by atoms with Crippen LogP contribution in [0.5, 0.6) is 0 Å². The quantitative estimate of drug-likeness (QED) is 0.464. The molecular weight excluding hydrogens is 480 g/mol. The summed E-state index contributed by atoms with van der Waals surface area (Å²) in [5, 5.41) is 20.8. The molecule has 4 rings (SSSR count). The fourth-order valence-corrected chi connectivity index (χ4v) is 8.58. The van der Waals surface area contributed by atoms with Gasteiger partial charge in [0.2, 0.25) is 0 Å². The van der Waals surface area contributed by atoms with Crippen LogP contribution in [0.2, 0.25) is 5.02 Å². The lowest BCUT2D eigenvalue weighted by Crippen LogP contribution is -2.36. The zero-order valence-corrected chi connectivity index (χ0v) is 22.5. The van der Waals surface area contributed by atoms with E-state index >= 15 is 0 Å². The average Bonchev–Trinajstić information content (AvgIpc) is 3.17. The second-order valence-corrected chi connectivity index (χ2v) is 13.7. The maximum atomic E-state index is 12.9. The topological polar surface area (TPSA) is 74.6 Å². The number of hydrogen-bond acceptors (Lipinski definition) is 4. The smallest absolute Gasteiger partial charge is 0.178 e. The van der Waals surface area contributed by atoms with Crippen molar-refractivity contribution in [3.63, 3.8) is 0 Å². The number of fused-ring (bicyclic) bond motifs is 1. The Balaban J connectivity index is 1.45. The van der Waals surface area contributed by atoms with E-state index in [1.165, 1.54) is 12.0 Å². The van der Waals surface area contributed by atoms with Crippen LogP contribution < -0.4 is 0 Å². The number of sulfone groups is 1. The molecule has 0 radical (unpaired) electrons. The van der Waals surface area contributed by atoms with Crippen LogP contribution in [0.3, 0.4) is 0 Å². The average molecular weight is 519 g/mol. The van der Waals surface area contributed by atoms with Crippen molar-refractivity contribution < 1.29 is 18.6 Å². The minimum Gasteiger partial charge on any atom is -0.393 e. The fraction of sp³-hybridized carbons (Fsp3) is 0.586. The van der Waals surface area contributed by atoms with E-state index in [-0.39, 0.29) is 11.2 Å². The number of allylic oxidation sites excluding steroid dienone is 3. The second kappa shape index (κ2) is 10.5. The summed E-state index contributed by atoms with van der Waals surface area (Å²) < 4.78 is 25.8. The summed E-state index contributed by atoms with van der Waals surface area (Å²) in [5.41, 5.74) is 3.31. The number of hydrogen-bond donors (Lipinski definition) is 2. The molecule has 35 heavy (non-hydrogen) atoms. The predicted octanol–water partition coefficient (Wildman–Crippen LogP) is 6.28. The monoisotopic (exact) mass is 518 g/mol. The largest absolute Gasteiger partial charge is 0.393 e. The van der Waals surface area contributed by atoms with E-state index in [0.717, 1.165) is 36.8 Å². The first kappa shape index (κ1) is 26.7. The fourth-order valence-electron chi connectivity index (χ4n) is 6.98.